The fraction of sp³-hybridized carbons (Fsp3) is 0. The maximum atomic E-state index is 8.81. The van der Waals surface area contributed by atoms with E-state index in [9.17, 15) is 0 Å². The van der Waals surface area contributed by atoms with E-state index in [2.05, 4.69) is 37.0 Å². The second-order valence-corrected chi connectivity index (χ2v) is 4.75. The highest BCUT2D eigenvalue weighted by atomic mass is 79.9. The average molecular weight is 342 g/mol. The van der Waals surface area contributed by atoms with E-state index in [-0.39, 0.29) is 0 Å². The molecule has 1 aromatic carbocycles. The van der Waals surface area contributed by atoms with Crippen molar-refractivity contribution >= 4 is 37.7 Å². The van der Waals surface area contributed by atoms with E-state index < -0.39 is 0 Å². The Kier molecular flexibility index (Phi) is 2.99. The van der Waals surface area contributed by atoms with Crippen LogP contribution >= 0.6 is 31.9 Å². The number of hydrogen-bond donors (Lipinski definition) is 1. The standard InChI is InChI=1S/C10H6Br2N4/c11-7-2-1-3-8(12)9(7)16-10(14)6(4-13)5-15-16/h1-3,5H,14H2. The van der Waals surface area contributed by atoms with Gasteiger partial charge in [0, 0.05) is 8.95 Å². The molecule has 1 heterocycles. The van der Waals surface area contributed by atoms with Crippen molar-refractivity contribution in [1.29, 1.82) is 5.26 Å². The van der Waals surface area contributed by atoms with E-state index in [1.807, 2.05) is 24.3 Å². The van der Waals surface area contributed by atoms with Crippen molar-refractivity contribution in [2.24, 2.45) is 0 Å². The van der Waals surface area contributed by atoms with Crippen LogP contribution in [0.2, 0.25) is 0 Å². The number of nitrogens with zero attached hydrogens (tertiary/aromatic N) is 3. The van der Waals surface area contributed by atoms with Crippen LogP contribution in [-0.2, 0) is 0 Å². The van der Waals surface area contributed by atoms with Gasteiger partial charge in [0.05, 0.1) is 11.9 Å². The smallest absolute Gasteiger partial charge is 0.145 e. The molecule has 2 aromatic rings. The van der Waals surface area contributed by atoms with E-state index in [4.69, 9.17) is 11.0 Å². The van der Waals surface area contributed by atoms with Crippen molar-refractivity contribution in [2.75, 3.05) is 5.73 Å². The van der Waals surface area contributed by atoms with E-state index in [0.29, 0.717) is 11.4 Å². The molecule has 16 heavy (non-hydrogen) atoms. The van der Waals surface area contributed by atoms with E-state index in [0.717, 1.165) is 14.6 Å². The highest BCUT2D eigenvalue weighted by Gasteiger charge is 2.13. The fourth-order valence-electron chi connectivity index (χ4n) is 1.31. The summed E-state index contributed by atoms with van der Waals surface area (Å²) in [7, 11) is 0. The van der Waals surface area contributed by atoms with Crippen molar-refractivity contribution in [3.8, 4) is 11.8 Å². The molecule has 1 aromatic heterocycles. The number of aromatic nitrogens is 2. The Hall–Kier alpha value is -1.32. The Balaban J connectivity index is 2.69. The molecule has 0 aliphatic carbocycles. The largest absolute Gasteiger partial charge is 0.382 e. The molecule has 0 saturated heterocycles. The van der Waals surface area contributed by atoms with Gasteiger partial charge in [-0.1, -0.05) is 6.07 Å². The van der Waals surface area contributed by atoms with E-state index >= 15 is 0 Å². The summed E-state index contributed by atoms with van der Waals surface area (Å²) in [4.78, 5) is 0. The van der Waals surface area contributed by atoms with Gasteiger partial charge in [-0.25, -0.2) is 4.68 Å². The molecule has 0 bridgehead atoms. The van der Waals surface area contributed by atoms with Gasteiger partial charge in [0.1, 0.15) is 17.5 Å². The molecule has 80 valence electrons. The Morgan fingerprint density at radius 1 is 1.31 bits per heavy atom. The minimum Gasteiger partial charge on any atom is -0.382 e. The summed E-state index contributed by atoms with van der Waals surface area (Å²) < 4.78 is 3.22. The average Bonchev–Trinajstić information content (AvgIpc) is 2.60. The number of anilines is 1. The highest BCUT2D eigenvalue weighted by molar-refractivity contribution is 9.11. The number of nitrogens with two attached hydrogens (primary N) is 1. The molecule has 0 fully saturated rings. The summed E-state index contributed by atoms with van der Waals surface area (Å²) in [5, 5.41) is 12.9. The predicted octanol–water partition coefficient (Wildman–Crippen LogP) is 2.85. The van der Waals surface area contributed by atoms with Crippen molar-refractivity contribution in [2.45, 2.75) is 0 Å². The maximum Gasteiger partial charge on any atom is 0.145 e. The predicted molar refractivity (Wildman–Crippen MR) is 68.1 cm³/mol. The minimum absolute atomic E-state index is 0.329. The summed E-state index contributed by atoms with van der Waals surface area (Å²) in [6.45, 7) is 0. The first-order valence-electron chi connectivity index (χ1n) is 4.33. The van der Waals surface area contributed by atoms with Gasteiger partial charge in [-0.2, -0.15) is 10.4 Å². The lowest BCUT2D eigenvalue weighted by atomic mass is 10.3. The van der Waals surface area contributed by atoms with Gasteiger partial charge < -0.3 is 5.73 Å². The molecule has 0 unspecified atom stereocenters. The van der Waals surface area contributed by atoms with E-state index in [1.54, 1.807) is 0 Å². The number of benzene rings is 1. The summed E-state index contributed by atoms with van der Waals surface area (Å²) in [5.74, 6) is 0.329. The zero-order valence-corrected chi connectivity index (χ0v) is 11.2. The second kappa shape index (κ2) is 4.28. The monoisotopic (exact) mass is 340 g/mol. The number of rotatable bonds is 1. The first-order valence-corrected chi connectivity index (χ1v) is 5.91. The Bertz CT molecular complexity index is 563. The van der Waals surface area contributed by atoms with Crippen LogP contribution < -0.4 is 5.73 Å². The molecule has 0 saturated carbocycles. The molecule has 0 aliphatic rings. The summed E-state index contributed by atoms with van der Waals surface area (Å²) >= 11 is 6.84. The van der Waals surface area contributed by atoms with Crippen LogP contribution in [0.5, 0.6) is 0 Å². The van der Waals surface area contributed by atoms with Crippen molar-refractivity contribution in [1.82, 2.24) is 9.78 Å². The molecule has 0 amide bonds. The molecular weight excluding hydrogens is 336 g/mol. The van der Waals surface area contributed by atoms with Gasteiger partial charge in [-0.15, -0.1) is 0 Å². The molecule has 2 N–H and O–H groups in total. The number of hydrogen-bond acceptors (Lipinski definition) is 3. The first-order chi connectivity index (χ1) is 7.65. The zero-order valence-electron chi connectivity index (χ0n) is 7.98. The van der Waals surface area contributed by atoms with Crippen LogP contribution in [0.4, 0.5) is 5.82 Å². The highest BCUT2D eigenvalue weighted by Crippen LogP contribution is 2.30. The van der Waals surface area contributed by atoms with Crippen molar-refractivity contribution < 1.29 is 0 Å². The van der Waals surface area contributed by atoms with Gasteiger partial charge in [0.2, 0.25) is 0 Å². The Morgan fingerprint density at radius 3 is 2.44 bits per heavy atom. The quantitative estimate of drug-likeness (QED) is 0.867. The third-order valence-corrected chi connectivity index (χ3v) is 3.36. The van der Waals surface area contributed by atoms with Gasteiger partial charge in [-0.3, -0.25) is 0 Å². The van der Waals surface area contributed by atoms with Crippen LogP contribution in [0, 0.1) is 11.3 Å². The maximum absolute atomic E-state index is 8.81. The van der Waals surface area contributed by atoms with Crippen LogP contribution in [0.1, 0.15) is 5.56 Å². The van der Waals surface area contributed by atoms with Gasteiger partial charge in [-0.05, 0) is 44.0 Å². The number of halogens is 2. The van der Waals surface area contributed by atoms with Crippen LogP contribution in [0.15, 0.2) is 33.3 Å². The van der Waals surface area contributed by atoms with Crippen LogP contribution in [-0.4, -0.2) is 9.78 Å². The topological polar surface area (TPSA) is 67.6 Å². The zero-order chi connectivity index (χ0) is 11.7. The third kappa shape index (κ3) is 1.72. The molecule has 0 atom stereocenters. The summed E-state index contributed by atoms with van der Waals surface area (Å²) in [6, 6.07) is 7.64. The molecule has 4 nitrogen and oxygen atoms in total. The molecule has 0 aliphatic heterocycles. The molecule has 0 radical (unpaired) electrons. The second-order valence-electron chi connectivity index (χ2n) is 3.04. The van der Waals surface area contributed by atoms with Gasteiger partial charge >= 0.3 is 0 Å². The fourth-order valence-corrected chi connectivity index (χ4v) is 2.65. The molecule has 0 spiro atoms. The molecule has 6 heteroatoms. The SMILES string of the molecule is N#Cc1cnn(-c2c(Br)cccc2Br)c1N. The Morgan fingerprint density at radius 2 is 1.94 bits per heavy atom. The van der Waals surface area contributed by atoms with Crippen molar-refractivity contribution in [3.63, 3.8) is 0 Å². The lowest BCUT2D eigenvalue weighted by Crippen LogP contribution is -2.04. The number of para-hydroxylation sites is 1. The van der Waals surface area contributed by atoms with Crippen LogP contribution in [0.25, 0.3) is 5.69 Å². The number of nitrogen functional groups attached to an aromatic ring is 1. The summed E-state index contributed by atoms with van der Waals surface area (Å²) in [5.41, 5.74) is 6.96. The lowest BCUT2D eigenvalue weighted by molar-refractivity contribution is 0.882. The molecular formula is C10H6Br2N4. The Labute approximate surface area is 109 Å². The third-order valence-electron chi connectivity index (χ3n) is 2.08. The number of nitriles is 1. The van der Waals surface area contributed by atoms with Crippen LogP contribution in [0.3, 0.4) is 0 Å². The van der Waals surface area contributed by atoms with E-state index in [1.165, 1.54) is 10.9 Å². The normalized spacial score (nSPS) is 10.1. The lowest BCUT2D eigenvalue weighted by Gasteiger charge is -2.08. The summed E-state index contributed by atoms with van der Waals surface area (Å²) in [6.07, 6.45) is 1.45. The molecule has 2 rings (SSSR count). The van der Waals surface area contributed by atoms with Gasteiger partial charge in [0.25, 0.3) is 0 Å². The van der Waals surface area contributed by atoms with Gasteiger partial charge in [0.15, 0.2) is 0 Å². The first kappa shape index (κ1) is 11.2. The van der Waals surface area contributed by atoms with Crippen molar-refractivity contribution in [3.05, 3.63) is 38.9 Å². The minimum atomic E-state index is 0.329.